The molecule has 3 nitrogen and oxygen atoms in total. The smallest absolute Gasteiger partial charge is 0.255 e. The first-order chi connectivity index (χ1) is 10.0. The molecule has 3 rings (SSSR count). The summed E-state index contributed by atoms with van der Waals surface area (Å²) in [6.07, 6.45) is 0. The quantitative estimate of drug-likeness (QED) is 0.867. The summed E-state index contributed by atoms with van der Waals surface area (Å²) in [7, 11) is 0. The molecule has 1 aliphatic rings. The van der Waals surface area contributed by atoms with Crippen molar-refractivity contribution in [3.63, 3.8) is 0 Å². The molecule has 0 saturated heterocycles. The van der Waals surface area contributed by atoms with E-state index in [1.165, 1.54) is 11.6 Å². The minimum atomic E-state index is -0.339. The highest BCUT2D eigenvalue weighted by Crippen LogP contribution is 2.25. The zero-order valence-electron chi connectivity index (χ0n) is 11.5. The van der Waals surface area contributed by atoms with E-state index in [1.807, 2.05) is 18.2 Å². The van der Waals surface area contributed by atoms with Gasteiger partial charge in [-0.25, -0.2) is 4.39 Å². The Balaban J connectivity index is 1.85. The number of rotatable bonds is 2. The first kappa shape index (κ1) is 14.2. The van der Waals surface area contributed by atoms with Gasteiger partial charge in [-0.2, -0.15) is 0 Å². The average molecular weight is 349 g/mol. The molecule has 0 aromatic heterocycles. The molecule has 5 heteroatoms. The van der Waals surface area contributed by atoms with Crippen LogP contribution in [0.1, 0.15) is 27.0 Å². The predicted octanol–water partition coefficient (Wildman–Crippen LogP) is 3.75. The number of aryl methyl sites for hydroxylation is 1. The van der Waals surface area contributed by atoms with Crippen molar-refractivity contribution >= 4 is 27.5 Å². The van der Waals surface area contributed by atoms with E-state index in [4.69, 9.17) is 0 Å². The molecule has 0 fully saturated rings. The number of carbonyl (C=O) groups is 1. The Morgan fingerprint density at radius 1 is 1.24 bits per heavy atom. The van der Waals surface area contributed by atoms with Gasteiger partial charge in [0, 0.05) is 24.3 Å². The van der Waals surface area contributed by atoms with Crippen LogP contribution in [0.15, 0.2) is 34.8 Å². The number of hydrogen-bond acceptors (Lipinski definition) is 2. The summed E-state index contributed by atoms with van der Waals surface area (Å²) in [5.74, 6) is -0.527. The molecule has 0 bridgehead atoms. The van der Waals surface area contributed by atoms with Crippen LogP contribution >= 0.6 is 15.9 Å². The first-order valence-electron chi connectivity index (χ1n) is 6.64. The number of anilines is 1. The van der Waals surface area contributed by atoms with Crippen LogP contribution in [0.25, 0.3) is 0 Å². The van der Waals surface area contributed by atoms with Gasteiger partial charge in [0.2, 0.25) is 0 Å². The molecule has 2 aromatic rings. The van der Waals surface area contributed by atoms with Gasteiger partial charge in [-0.05, 0) is 63.8 Å². The van der Waals surface area contributed by atoms with Crippen molar-refractivity contribution in [2.75, 3.05) is 5.32 Å². The molecule has 0 atom stereocenters. The average Bonchev–Trinajstić information content (AvgIpc) is 2.92. The normalized spacial score (nSPS) is 13.1. The molecule has 2 N–H and O–H groups in total. The monoisotopic (exact) mass is 348 g/mol. The van der Waals surface area contributed by atoms with E-state index in [0.29, 0.717) is 21.3 Å². The van der Waals surface area contributed by atoms with Crippen LogP contribution in [0.4, 0.5) is 10.1 Å². The maximum Gasteiger partial charge on any atom is 0.255 e. The van der Waals surface area contributed by atoms with Crippen molar-refractivity contribution in [3.8, 4) is 0 Å². The fraction of sp³-hybridized carbons (Fsp3) is 0.188. The molecule has 21 heavy (non-hydrogen) atoms. The second-order valence-electron chi connectivity index (χ2n) is 5.12. The third-order valence-corrected chi connectivity index (χ3v) is 4.22. The van der Waals surface area contributed by atoms with E-state index in [0.717, 1.165) is 18.7 Å². The number of hydrogen-bond donors (Lipinski definition) is 2. The van der Waals surface area contributed by atoms with E-state index in [2.05, 4.69) is 26.6 Å². The number of amides is 1. The molecule has 1 heterocycles. The van der Waals surface area contributed by atoms with Crippen LogP contribution in [0.3, 0.4) is 0 Å². The Morgan fingerprint density at radius 2 is 2.00 bits per heavy atom. The van der Waals surface area contributed by atoms with Crippen LogP contribution in [0.5, 0.6) is 0 Å². The van der Waals surface area contributed by atoms with Gasteiger partial charge in [-0.3, -0.25) is 4.79 Å². The van der Waals surface area contributed by atoms with Crippen LogP contribution in [0, 0.1) is 12.7 Å². The molecule has 0 spiro atoms. The zero-order chi connectivity index (χ0) is 15.0. The second kappa shape index (κ2) is 5.58. The molecule has 2 aromatic carbocycles. The standard InChI is InChI=1S/C16H14BrFN2O/c1-9-4-14(18)13(17)6-15(9)20-16(21)10-2-3-11-7-19-8-12(11)5-10/h2-6,19H,7-8H2,1H3,(H,20,21). The fourth-order valence-corrected chi connectivity index (χ4v) is 2.75. The summed E-state index contributed by atoms with van der Waals surface area (Å²) in [4.78, 5) is 12.3. The molecule has 0 unspecified atom stereocenters. The highest BCUT2D eigenvalue weighted by Gasteiger charge is 2.14. The molecule has 0 saturated carbocycles. The van der Waals surface area contributed by atoms with E-state index >= 15 is 0 Å². The van der Waals surface area contributed by atoms with Gasteiger partial charge in [-0.15, -0.1) is 0 Å². The molecular formula is C16H14BrFN2O. The van der Waals surface area contributed by atoms with Crippen molar-refractivity contribution in [1.82, 2.24) is 5.32 Å². The van der Waals surface area contributed by atoms with E-state index in [9.17, 15) is 9.18 Å². The van der Waals surface area contributed by atoms with E-state index in [1.54, 1.807) is 13.0 Å². The topological polar surface area (TPSA) is 41.1 Å². The van der Waals surface area contributed by atoms with Crippen molar-refractivity contribution in [2.45, 2.75) is 20.0 Å². The third-order valence-electron chi connectivity index (χ3n) is 3.61. The minimum absolute atomic E-state index is 0.189. The van der Waals surface area contributed by atoms with Crippen molar-refractivity contribution < 1.29 is 9.18 Å². The Morgan fingerprint density at radius 3 is 2.81 bits per heavy atom. The van der Waals surface area contributed by atoms with Gasteiger partial charge in [0.1, 0.15) is 5.82 Å². The van der Waals surface area contributed by atoms with Gasteiger partial charge >= 0.3 is 0 Å². The Bertz CT molecular complexity index is 730. The molecule has 108 valence electrons. The molecule has 1 aliphatic heterocycles. The molecule has 0 aliphatic carbocycles. The third kappa shape index (κ3) is 2.84. The Labute approximate surface area is 130 Å². The predicted molar refractivity (Wildman–Crippen MR) is 83.8 cm³/mol. The second-order valence-corrected chi connectivity index (χ2v) is 5.98. The van der Waals surface area contributed by atoms with Crippen LogP contribution in [0.2, 0.25) is 0 Å². The van der Waals surface area contributed by atoms with Gasteiger partial charge in [-0.1, -0.05) is 6.07 Å². The lowest BCUT2D eigenvalue weighted by atomic mass is 10.1. The Kier molecular flexibility index (Phi) is 3.78. The van der Waals surface area contributed by atoms with Crippen LogP contribution in [-0.2, 0) is 13.1 Å². The van der Waals surface area contributed by atoms with Crippen molar-refractivity contribution in [2.24, 2.45) is 0 Å². The minimum Gasteiger partial charge on any atom is -0.322 e. The van der Waals surface area contributed by atoms with E-state index in [-0.39, 0.29) is 11.7 Å². The van der Waals surface area contributed by atoms with E-state index < -0.39 is 0 Å². The first-order valence-corrected chi connectivity index (χ1v) is 7.43. The summed E-state index contributed by atoms with van der Waals surface area (Å²) in [5, 5.41) is 6.08. The number of benzene rings is 2. The van der Waals surface area contributed by atoms with Crippen molar-refractivity contribution in [3.05, 3.63) is 62.9 Å². The van der Waals surface area contributed by atoms with Gasteiger partial charge in [0.25, 0.3) is 5.91 Å². The number of halogens is 2. The lowest BCUT2D eigenvalue weighted by molar-refractivity contribution is 0.102. The van der Waals surface area contributed by atoms with Gasteiger partial charge < -0.3 is 10.6 Å². The fourth-order valence-electron chi connectivity index (χ4n) is 2.41. The van der Waals surface area contributed by atoms with Crippen LogP contribution < -0.4 is 10.6 Å². The summed E-state index contributed by atoms with van der Waals surface area (Å²) < 4.78 is 13.7. The van der Waals surface area contributed by atoms with Gasteiger partial charge in [0.15, 0.2) is 0 Å². The van der Waals surface area contributed by atoms with Gasteiger partial charge in [0.05, 0.1) is 4.47 Å². The highest BCUT2D eigenvalue weighted by atomic mass is 79.9. The molecule has 0 radical (unpaired) electrons. The SMILES string of the molecule is Cc1cc(F)c(Br)cc1NC(=O)c1ccc2c(c1)CNC2. The summed E-state index contributed by atoms with van der Waals surface area (Å²) in [6, 6.07) is 8.66. The summed E-state index contributed by atoms with van der Waals surface area (Å²) >= 11 is 3.13. The maximum atomic E-state index is 13.4. The molecular weight excluding hydrogens is 335 g/mol. The lowest BCUT2D eigenvalue weighted by Crippen LogP contribution is -2.13. The summed E-state index contributed by atoms with van der Waals surface area (Å²) in [5.41, 5.74) is 4.28. The zero-order valence-corrected chi connectivity index (χ0v) is 13.1. The molecule has 1 amide bonds. The van der Waals surface area contributed by atoms with Crippen molar-refractivity contribution in [1.29, 1.82) is 0 Å². The lowest BCUT2D eigenvalue weighted by Gasteiger charge is -2.10. The maximum absolute atomic E-state index is 13.4. The number of fused-ring (bicyclic) bond motifs is 1. The Hall–Kier alpha value is -1.72. The number of carbonyl (C=O) groups excluding carboxylic acids is 1. The largest absolute Gasteiger partial charge is 0.322 e. The number of nitrogens with one attached hydrogen (secondary N) is 2. The van der Waals surface area contributed by atoms with Crippen LogP contribution in [-0.4, -0.2) is 5.91 Å². The summed E-state index contributed by atoms with van der Waals surface area (Å²) in [6.45, 7) is 3.40. The highest BCUT2D eigenvalue weighted by molar-refractivity contribution is 9.10.